The number of aromatic nitrogens is 1. The molecule has 0 aliphatic heterocycles. The lowest BCUT2D eigenvalue weighted by molar-refractivity contribution is 0.261. The Bertz CT molecular complexity index is 630. The molecule has 1 aromatic heterocycles. The zero-order valence-corrected chi connectivity index (χ0v) is 14.5. The van der Waals surface area contributed by atoms with Gasteiger partial charge in [0, 0.05) is 30.7 Å². The van der Waals surface area contributed by atoms with Gasteiger partial charge in [0.15, 0.2) is 0 Å². The van der Waals surface area contributed by atoms with Gasteiger partial charge in [0.1, 0.15) is 12.4 Å². The summed E-state index contributed by atoms with van der Waals surface area (Å²) < 4.78 is 5.69. The predicted octanol–water partition coefficient (Wildman–Crippen LogP) is 4.73. The summed E-state index contributed by atoms with van der Waals surface area (Å²) in [5.74, 6) is 0.606. The molecule has 0 unspecified atom stereocenters. The van der Waals surface area contributed by atoms with E-state index < -0.39 is 0 Å². The second-order valence-electron chi connectivity index (χ2n) is 4.90. The van der Waals surface area contributed by atoms with E-state index in [0.717, 1.165) is 12.2 Å². The lowest BCUT2D eigenvalue weighted by atomic mass is 10.2. The fourth-order valence-corrected chi connectivity index (χ4v) is 2.34. The highest BCUT2D eigenvalue weighted by Gasteiger charge is 2.09. The van der Waals surface area contributed by atoms with Crippen LogP contribution in [0.5, 0.6) is 5.75 Å². The van der Waals surface area contributed by atoms with Gasteiger partial charge in [-0.25, -0.2) is 0 Å². The zero-order valence-electron chi connectivity index (χ0n) is 12.2. The van der Waals surface area contributed by atoms with Gasteiger partial charge < -0.3 is 15.0 Å². The normalized spacial score (nSPS) is 10.8. The summed E-state index contributed by atoms with van der Waals surface area (Å²) in [5, 5.41) is 4.59. The number of halogens is 3. The number of benzene rings is 1. The van der Waals surface area contributed by atoms with Crippen molar-refractivity contribution in [3.63, 3.8) is 0 Å². The Balaban J connectivity index is 2.15. The maximum Gasteiger partial charge on any atom is 0.140 e. The third kappa shape index (κ3) is 4.65. The molecule has 22 heavy (non-hydrogen) atoms. The highest BCUT2D eigenvalue weighted by molar-refractivity contribution is 6.39. The number of hydrogen-bond donors (Lipinski definition) is 1. The predicted molar refractivity (Wildman–Crippen MR) is 93.0 cm³/mol. The van der Waals surface area contributed by atoms with Gasteiger partial charge in [-0.2, -0.15) is 0 Å². The Morgan fingerprint density at radius 2 is 1.77 bits per heavy atom. The van der Waals surface area contributed by atoms with Crippen LogP contribution in [0.3, 0.4) is 0 Å². The molecule has 1 aromatic carbocycles. The van der Waals surface area contributed by atoms with Crippen LogP contribution in [0.4, 0.5) is 11.4 Å². The third-order valence-electron chi connectivity index (χ3n) is 2.85. The van der Waals surface area contributed by atoms with Crippen molar-refractivity contribution < 1.29 is 4.74 Å². The number of anilines is 2. The third-order valence-corrected chi connectivity index (χ3v) is 3.74. The number of pyridine rings is 1. The summed E-state index contributed by atoms with van der Waals surface area (Å²) in [6, 6.07) is 5.40. The first kappa shape index (κ1) is 17.2. The Labute approximate surface area is 145 Å². The van der Waals surface area contributed by atoms with Gasteiger partial charge in [-0.15, -0.1) is 0 Å². The van der Waals surface area contributed by atoms with Crippen LogP contribution < -0.4 is 10.1 Å². The number of nitrogens with one attached hydrogen (secondary N) is 1. The molecule has 0 fully saturated rings. The Morgan fingerprint density at radius 3 is 2.41 bits per heavy atom. The largest absolute Gasteiger partial charge is 0.491 e. The van der Waals surface area contributed by atoms with Crippen molar-refractivity contribution in [2.75, 3.05) is 32.6 Å². The van der Waals surface area contributed by atoms with Crippen LogP contribution in [-0.4, -0.2) is 37.1 Å². The molecule has 0 radical (unpaired) electrons. The molecule has 118 valence electrons. The molecule has 1 N–H and O–H groups in total. The fourth-order valence-electron chi connectivity index (χ4n) is 1.70. The second-order valence-corrected chi connectivity index (χ2v) is 6.12. The van der Waals surface area contributed by atoms with Gasteiger partial charge in [-0.1, -0.05) is 34.8 Å². The van der Waals surface area contributed by atoms with Crippen molar-refractivity contribution in [1.82, 2.24) is 9.88 Å². The molecule has 0 aliphatic carbocycles. The van der Waals surface area contributed by atoms with Crippen molar-refractivity contribution in [2.45, 2.75) is 0 Å². The first-order valence-electron chi connectivity index (χ1n) is 6.60. The minimum atomic E-state index is 0.442. The van der Waals surface area contributed by atoms with Gasteiger partial charge in [0.25, 0.3) is 0 Å². The first-order valence-corrected chi connectivity index (χ1v) is 7.74. The average Bonchev–Trinajstić information content (AvgIpc) is 2.46. The fraction of sp³-hybridized carbons (Fsp3) is 0.267. The molecule has 0 saturated carbocycles. The Kier molecular flexibility index (Phi) is 6.15. The van der Waals surface area contributed by atoms with E-state index in [-0.39, 0.29) is 0 Å². The molecular weight excluding hydrogens is 345 g/mol. The van der Waals surface area contributed by atoms with Crippen LogP contribution in [0, 0.1) is 0 Å². The van der Waals surface area contributed by atoms with Crippen LogP contribution in [0.2, 0.25) is 15.1 Å². The molecule has 1 heterocycles. The Morgan fingerprint density at radius 1 is 1.09 bits per heavy atom. The van der Waals surface area contributed by atoms with Crippen LogP contribution in [-0.2, 0) is 0 Å². The molecule has 0 amide bonds. The monoisotopic (exact) mass is 359 g/mol. The second kappa shape index (κ2) is 7.88. The summed E-state index contributed by atoms with van der Waals surface area (Å²) in [7, 11) is 3.97. The zero-order chi connectivity index (χ0) is 16.1. The lowest BCUT2D eigenvalue weighted by Crippen LogP contribution is -2.19. The molecule has 2 rings (SSSR count). The molecular formula is C15H16Cl3N3O. The number of ether oxygens (including phenoxy) is 1. The van der Waals surface area contributed by atoms with E-state index in [1.54, 1.807) is 6.07 Å². The minimum Gasteiger partial charge on any atom is -0.491 e. The first-order chi connectivity index (χ1) is 10.5. The molecule has 0 saturated heterocycles. The van der Waals surface area contributed by atoms with Gasteiger partial charge in [-0.05, 0) is 26.2 Å². The number of rotatable bonds is 6. The molecule has 7 heteroatoms. The van der Waals surface area contributed by atoms with E-state index in [1.807, 2.05) is 31.1 Å². The van der Waals surface area contributed by atoms with Crippen molar-refractivity contribution in [3.8, 4) is 5.75 Å². The van der Waals surface area contributed by atoms with E-state index in [9.17, 15) is 0 Å². The van der Waals surface area contributed by atoms with Crippen molar-refractivity contribution in [2.24, 2.45) is 0 Å². The number of nitrogens with zero attached hydrogens (tertiary/aromatic N) is 2. The Hall–Kier alpha value is -1.20. The maximum absolute atomic E-state index is 6.15. The summed E-state index contributed by atoms with van der Waals surface area (Å²) in [6.07, 6.45) is 3.06. The molecule has 0 aliphatic rings. The van der Waals surface area contributed by atoms with Gasteiger partial charge in [0.2, 0.25) is 0 Å². The summed E-state index contributed by atoms with van der Waals surface area (Å²) in [6.45, 7) is 1.35. The van der Waals surface area contributed by atoms with E-state index in [4.69, 9.17) is 39.5 Å². The van der Waals surface area contributed by atoms with Crippen LogP contribution in [0.1, 0.15) is 0 Å². The molecule has 0 spiro atoms. The SMILES string of the molecule is CN(C)CCOc1cc(Nc2c(Cl)cncc2Cl)ccc1Cl. The van der Waals surface area contributed by atoms with Crippen LogP contribution in [0.25, 0.3) is 0 Å². The molecule has 0 atom stereocenters. The lowest BCUT2D eigenvalue weighted by Gasteiger charge is -2.14. The highest BCUT2D eigenvalue weighted by atomic mass is 35.5. The number of likely N-dealkylation sites (N-methyl/N-ethyl adjacent to an activating group) is 1. The van der Waals surface area contributed by atoms with E-state index in [1.165, 1.54) is 12.4 Å². The topological polar surface area (TPSA) is 37.4 Å². The molecule has 4 nitrogen and oxygen atoms in total. The standard InChI is InChI=1S/C15H16Cl3N3O/c1-21(2)5-6-22-14-7-10(3-4-11(14)16)20-15-12(17)8-19-9-13(15)18/h3-4,7-9H,5-6H2,1-2H3,(H,19,20). The number of hydrogen-bond acceptors (Lipinski definition) is 4. The van der Waals surface area contributed by atoms with E-state index in [2.05, 4.69) is 10.3 Å². The maximum atomic E-state index is 6.15. The molecule has 0 bridgehead atoms. The van der Waals surface area contributed by atoms with Crippen LogP contribution >= 0.6 is 34.8 Å². The smallest absolute Gasteiger partial charge is 0.140 e. The summed E-state index contributed by atoms with van der Waals surface area (Å²) >= 11 is 18.3. The molecule has 2 aromatic rings. The van der Waals surface area contributed by atoms with E-state index in [0.29, 0.717) is 33.1 Å². The highest BCUT2D eigenvalue weighted by Crippen LogP contribution is 2.34. The van der Waals surface area contributed by atoms with Gasteiger partial charge in [-0.3, -0.25) is 4.98 Å². The van der Waals surface area contributed by atoms with Crippen molar-refractivity contribution in [1.29, 1.82) is 0 Å². The minimum absolute atomic E-state index is 0.442. The van der Waals surface area contributed by atoms with Crippen molar-refractivity contribution >= 4 is 46.2 Å². The van der Waals surface area contributed by atoms with E-state index >= 15 is 0 Å². The van der Waals surface area contributed by atoms with Gasteiger partial charge >= 0.3 is 0 Å². The summed E-state index contributed by atoms with van der Waals surface area (Å²) in [5.41, 5.74) is 1.37. The van der Waals surface area contributed by atoms with Crippen molar-refractivity contribution in [3.05, 3.63) is 45.7 Å². The quantitative estimate of drug-likeness (QED) is 0.808. The van der Waals surface area contributed by atoms with Gasteiger partial charge in [0.05, 0.1) is 20.8 Å². The van der Waals surface area contributed by atoms with Crippen LogP contribution in [0.15, 0.2) is 30.6 Å². The summed E-state index contributed by atoms with van der Waals surface area (Å²) in [4.78, 5) is 5.95. The average molecular weight is 361 g/mol.